The lowest BCUT2D eigenvalue weighted by Gasteiger charge is -2.30. The van der Waals surface area contributed by atoms with Crippen molar-refractivity contribution in [3.63, 3.8) is 0 Å². The van der Waals surface area contributed by atoms with Gasteiger partial charge in [-0.3, -0.25) is 14.4 Å². The van der Waals surface area contributed by atoms with E-state index in [1.54, 1.807) is 19.9 Å². The lowest BCUT2D eigenvalue weighted by atomic mass is 9.81. The van der Waals surface area contributed by atoms with Crippen LogP contribution in [0.1, 0.15) is 54.1 Å². The number of hydrogen-bond acceptors (Lipinski definition) is 6. The Labute approximate surface area is 226 Å². The Morgan fingerprint density at radius 1 is 1.27 bits per heavy atom. The summed E-state index contributed by atoms with van der Waals surface area (Å²) in [6.07, 6.45) is -4.19. The first-order valence-electron chi connectivity index (χ1n) is 13.0. The van der Waals surface area contributed by atoms with Gasteiger partial charge in [-0.1, -0.05) is 6.92 Å². The van der Waals surface area contributed by atoms with Crippen molar-refractivity contribution in [3.8, 4) is 11.4 Å². The Hall–Kier alpha value is -3.58. The van der Waals surface area contributed by atoms with Gasteiger partial charge in [0.2, 0.25) is 5.91 Å². The van der Waals surface area contributed by atoms with E-state index in [0.717, 1.165) is 6.92 Å². The molecule has 4 heterocycles. The highest BCUT2D eigenvalue weighted by atomic mass is 28.4. The number of benzene rings is 1. The quantitative estimate of drug-likeness (QED) is 0.286. The number of aryl methyl sites for hydroxylation is 1. The molecule has 1 aliphatic carbocycles. The third kappa shape index (κ3) is 3.59. The first kappa shape index (κ1) is 26.6. The van der Waals surface area contributed by atoms with Crippen LogP contribution in [0, 0.1) is 18.7 Å². The number of nitrogens with one attached hydrogen (secondary N) is 1. The molecular formula is C27H25F4N3O5Si. The van der Waals surface area contributed by atoms with Crippen molar-refractivity contribution >= 4 is 35.9 Å². The zero-order valence-corrected chi connectivity index (χ0v) is 22.8. The summed E-state index contributed by atoms with van der Waals surface area (Å²) in [5, 5.41) is 3.34. The number of halogens is 4. The van der Waals surface area contributed by atoms with Gasteiger partial charge in [0.25, 0.3) is 5.56 Å². The molecule has 0 saturated heterocycles. The van der Waals surface area contributed by atoms with Crippen LogP contribution in [0.5, 0.6) is 0 Å². The molecule has 3 aliphatic rings. The normalized spacial score (nSPS) is 21.9. The van der Waals surface area contributed by atoms with Gasteiger partial charge in [0.05, 0.1) is 35.1 Å². The molecule has 0 spiro atoms. The average Bonchev–Trinajstić information content (AvgIpc) is 3.27. The number of cyclic esters (lactones) is 1. The van der Waals surface area contributed by atoms with Crippen molar-refractivity contribution in [1.29, 1.82) is 0 Å². The van der Waals surface area contributed by atoms with Crippen LogP contribution in [-0.2, 0) is 29.1 Å². The molecule has 1 amide bonds. The maximum absolute atomic E-state index is 15.0. The molecule has 0 radical (unpaired) electrons. The minimum Gasteiger partial charge on any atom is -0.463 e. The zero-order chi connectivity index (χ0) is 28.9. The van der Waals surface area contributed by atoms with Gasteiger partial charge in [0.15, 0.2) is 0 Å². The minimum atomic E-state index is -4.73. The monoisotopic (exact) mass is 575 g/mol. The third-order valence-corrected chi connectivity index (χ3v) is 11.8. The molecule has 13 heteroatoms. The molecule has 0 saturated carbocycles. The minimum absolute atomic E-state index is 0.00612. The number of carbonyl (C=O) groups excluding carboxylic acids is 2. The Balaban J connectivity index is 1.60. The van der Waals surface area contributed by atoms with E-state index in [2.05, 4.69) is 5.32 Å². The maximum Gasteiger partial charge on any atom is 0.400 e. The molecule has 8 nitrogen and oxygen atoms in total. The smallest absolute Gasteiger partial charge is 0.400 e. The molecule has 0 unspecified atom stereocenters. The van der Waals surface area contributed by atoms with Crippen molar-refractivity contribution in [3.05, 3.63) is 56.1 Å². The standard InChI is InChI=1S/C27H25F4N3O5Si/c1-4-40(38)20-8-19-23-14(9-34(19)25(36)15(20)10-39-26(40)37)22-17(33-24(35)12(3)27(29,30)31)6-5-13-11(2)16(28)7-18(32-23)21(13)22/h7-8,12,17,38H,4-6,9-10H2,1-3H3,(H,33,35)/t12-,17-,40+/m1/s1. The second kappa shape index (κ2) is 8.71. The molecule has 210 valence electrons. The van der Waals surface area contributed by atoms with Crippen molar-refractivity contribution in [2.75, 3.05) is 0 Å². The van der Waals surface area contributed by atoms with E-state index in [1.165, 1.54) is 10.6 Å². The second-order valence-electron chi connectivity index (χ2n) is 10.7. The summed E-state index contributed by atoms with van der Waals surface area (Å²) in [6, 6.07) is 2.07. The van der Waals surface area contributed by atoms with Gasteiger partial charge in [-0.25, -0.2) is 9.37 Å². The number of hydrogen-bond donors (Lipinski definition) is 2. The molecule has 2 aliphatic heterocycles. The third-order valence-electron chi connectivity index (χ3n) is 8.58. The highest BCUT2D eigenvalue weighted by molar-refractivity contribution is 7.09. The predicted molar refractivity (Wildman–Crippen MR) is 138 cm³/mol. The topological polar surface area (TPSA) is 111 Å². The van der Waals surface area contributed by atoms with E-state index in [1.807, 2.05) is 0 Å². The molecule has 6 rings (SSSR count). The Morgan fingerprint density at radius 2 is 2.00 bits per heavy atom. The van der Waals surface area contributed by atoms with Crippen molar-refractivity contribution in [1.82, 2.24) is 14.9 Å². The van der Waals surface area contributed by atoms with Gasteiger partial charge in [0, 0.05) is 17.0 Å². The summed E-state index contributed by atoms with van der Waals surface area (Å²) in [7, 11) is -3.81. The fourth-order valence-corrected chi connectivity index (χ4v) is 8.40. The van der Waals surface area contributed by atoms with Crippen LogP contribution in [-0.4, -0.2) is 40.3 Å². The summed E-state index contributed by atoms with van der Waals surface area (Å²) in [5.74, 6) is -3.92. The molecule has 3 atom stereocenters. The van der Waals surface area contributed by atoms with E-state index in [4.69, 9.17) is 9.72 Å². The average molecular weight is 576 g/mol. The number of aromatic nitrogens is 2. The number of nitrogens with zero attached hydrogens (tertiary/aromatic N) is 2. The predicted octanol–water partition coefficient (Wildman–Crippen LogP) is 3.57. The van der Waals surface area contributed by atoms with Crippen molar-refractivity contribution in [2.45, 2.75) is 65.0 Å². The summed E-state index contributed by atoms with van der Waals surface area (Å²) in [6.45, 7) is 3.77. The van der Waals surface area contributed by atoms with Crippen molar-refractivity contribution in [2.24, 2.45) is 5.92 Å². The number of pyridine rings is 2. The van der Waals surface area contributed by atoms with Crippen LogP contribution in [0.2, 0.25) is 6.04 Å². The summed E-state index contributed by atoms with van der Waals surface area (Å²) in [5.41, 5.74) is 1.90. The molecule has 0 bridgehead atoms. The van der Waals surface area contributed by atoms with Gasteiger partial charge in [-0.05, 0) is 60.7 Å². The Morgan fingerprint density at radius 3 is 2.67 bits per heavy atom. The van der Waals surface area contributed by atoms with E-state index in [0.29, 0.717) is 45.4 Å². The van der Waals surface area contributed by atoms with Gasteiger partial charge in [-0.2, -0.15) is 13.2 Å². The van der Waals surface area contributed by atoms with Gasteiger partial charge >= 0.3 is 20.1 Å². The van der Waals surface area contributed by atoms with Crippen LogP contribution < -0.4 is 16.1 Å². The first-order valence-corrected chi connectivity index (χ1v) is 15.1. The molecule has 2 aromatic heterocycles. The van der Waals surface area contributed by atoms with Crippen LogP contribution >= 0.6 is 0 Å². The molecular weight excluding hydrogens is 550 g/mol. The second-order valence-corrected chi connectivity index (χ2v) is 14.0. The fourth-order valence-electron chi connectivity index (χ4n) is 6.14. The number of amides is 1. The molecule has 3 aromatic rings. The SMILES string of the molecule is CC[Si@@]1(O)C(=O)OCc2c1cc1n(c2=O)Cc2c-1nc1cc(F)c(C)c3c1c2[C@H](NC(=O)[C@@H](C)C(F)(F)F)CC3. The van der Waals surface area contributed by atoms with Crippen LogP contribution in [0.3, 0.4) is 0 Å². The van der Waals surface area contributed by atoms with Gasteiger partial charge in [0.1, 0.15) is 18.3 Å². The lowest BCUT2D eigenvalue weighted by molar-refractivity contribution is -0.179. The van der Waals surface area contributed by atoms with Crippen LogP contribution in [0.15, 0.2) is 16.9 Å². The largest absolute Gasteiger partial charge is 0.463 e. The number of fused-ring (bicyclic) bond motifs is 5. The number of ether oxygens (including phenoxy) is 1. The van der Waals surface area contributed by atoms with Gasteiger partial charge in [-0.15, -0.1) is 0 Å². The summed E-state index contributed by atoms with van der Waals surface area (Å²) >= 11 is 0. The maximum atomic E-state index is 15.0. The molecule has 1 aromatic carbocycles. The highest BCUT2D eigenvalue weighted by Gasteiger charge is 2.49. The zero-order valence-electron chi connectivity index (χ0n) is 21.8. The van der Waals surface area contributed by atoms with E-state index in [-0.39, 0.29) is 41.9 Å². The van der Waals surface area contributed by atoms with E-state index in [9.17, 15) is 36.7 Å². The van der Waals surface area contributed by atoms with E-state index < -0.39 is 49.3 Å². The molecule has 40 heavy (non-hydrogen) atoms. The van der Waals surface area contributed by atoms with Gasteiger partial charge < -0.3 is 19.4 Å². The molecule has 0 fully saturated rings. The summed E-state index contributed by atoms with van der Waals surface area (Å²) < 4.78 is 61.5. The molecule has 2 N–H and O–H groups in total. The van der Waals surface area contributed by atoms with E-state index >= 15 is 0 Å². The van der Waals surface area contributed by atoms with Crippen LogP contribution in [0.25, 0.3) is 22.3 Å². The number of alkyl halides is 3. The number of rotatable bonds is 3. The summed E-state index contributed by atoms with van der Waals surface area (Å²) in [4.78, 5) is 54.8. The van der Waals surface area contributed by atoms with Crippen LogP contribution in [0.4, 0.5) is 22.4 Å². The lowest BCUT2D eigenvalue weighted by Crippen LogP contribution is -2.61. The Kier molecular flexibility index (Phi) is 5.80. The highest BCUT2D eigenvalue weighted by Crippen LogP contribution is 2.45. The number of carbonyl (C=O) groups is 2. The first-order chi connectivity index (χ1) is 18.8. The fraction of sp³-hybridized carbons (Fsp3) is 0.407. The Bertz CT molecular complexity index is 1720. The van der Waals surface area contributed by atoms with Crippen molar-refractivity contribution < 1.29 is 36.7 Å².